The van der Waals surface area contributed by atoms with E-state index < -0.39 is 29.6 Å². The first-order valence-corrected chi connectivity index (χ1v) is 13.8. The minimum Gasteiger partial charge on any atom is -0.507 e. The van der Waals surface area contributed by atoms with Crippen LogP contribution in [0.15, 0.2) is 46.6 Å². The first-order valence-electron chi connectivity index (χ1n) is 13.8. The Bertz CT molecular complexity index is 1450. The molecule has 1 aromatic rings. The van der Waals surface area contributed by atoms with Crippen LogP contribution in [-0.2, 0) is 24.0 Å². The maximum Gasteiger partial charge on any atom is 0.303 e. The number of Topliss-reactive ketones (excluding diaryl/α,β-unsaturated/α-hetero) is 1. The van der Waals surface area contributed by atoms with Crippen molar-refractivity contribution in [2.45, 2.75) is 51.4 Å². The lowest BCUT2D eigenvalue weighted by Gasteiger charge is -2.42. The SMILES string of the molecule is COc1cc(O)c(C2C3=CCC4C(=O)N(CCCCCC(=O)O)C(=O)C4C3CC3=C2C(=O)C(C)=CC3=O)c(OC)c1. The summed E-state index contributed by atoms with van der Waals surface area (Å²) in [4.78, 5) is 66.1. The number of phenols is 1. The molecular weight excluding hydrogens is 530 g/mol. The van der Waals surface area contributed by atoms with E-state index in [-0.39, 0.29) is 71.8 Å². The second-order valence-corrected chi connectivity index (χ2v) is 11.0. The molecule has 10 nitrogen and oxygen atoms in total. The van der Waals surface area contributed by atoms with Gasteiger partial charge < -0.3 is 19.7 Å². The van der Waals surface area contributed by atoms with Crippen molar-refractivity contribution < 1.29 is 43.7 Å². The number of allylic oxidation sites excluding steroid dienone is 6. The lowest BCUT2D eigenvalue weighted by molar-refractivity contribution is -0.141. The zero-order chi connectivity index (χ0) is 29.6. The number of methoxy groups -OCH3 is 2. The quantitative estimate of drug-likeness (QED) is 0.199. The van der Waals surface area contributed by atoms with Gasteiger partial charge in [-0.3, -0.25) is 28.9 Å². The standard InChI is InChI=1S/C31H33NO9/c1-15-11-21(33)20-14-19-17(26(27(20)29(15)37)28-22(34)12-16(40-2)13-23(28)41-3)8-9-18-25(19)31(39)32(30(18)38)10-6-4-5-7-24(35)36/h8,11-13,18-19,25-26,34H,4-7,9-10,14H2,1-3H3,(H,35,36). The topological polar surface area (TPSA) is 148 Å². The number of amides is 2. The molecule has 216 valence electrons. The van der Waals surface area contributed by atoms with E-state index >= 15 is 0 Å². The summed E-state index contributed by atoms with van der Waals surface area (Å²) < 4.78 is 10.9. The number of aliphatic carboxylic acids is 1. The molecule has 4 aliphatic rings. The second kappa shape index (κ2) is 11.0. The molecule has 2 amide bonds. The molecule has 1 aromatic carbocycles. The molecule has 5 rings (SSSR count). The smallest absolute Gasteiger partial charge is 0.303 e. The molecule has 1 heterocycles. The molecule has 0 aromatic heterocycles. The summed E-state index contributed by atoms with van der Waals surface area (Å²) in [6.07, 6.45) is 5.18. The minimum absolute atomic E-state index is 0.0314. The van der Waals surface area contributed by atoms with Crippen molar-refractivity contribution in [1.82, 2.24) is 4.90 Å². The number of carbonyl (C=O) groups excluding carboxylic acids is 4. The van der Waals surface area contributed by atoms with Crippen LogP contribution in [-0.4, -0.2) is 65.2 Å². The largest absolute Gasteiger partial charge is 0.507 e. The molecule has 0 radical (unpaired) electrons. The number of unbranched alkanes of at least 4 members (excludes halogenated alkanes) is 2. The third-order valence-corrected chi connectivity index (χ3v) is 8.77. The van der Waals surface area contributed by atoms with Gasteiger partial charge in [0, 0.05) is 53.3 Å². The molecule has 10 heteroatoms. The Labute approximate surface area is 237 Å². The molecule has 4 unspecified atom stereocenters. The number of fused-ring (bicyclic) bond motifs is 3. The van der Waals surface area contributed by atoms with Crippen LogP contribution in [0.4, 0.5) is 0 Å². The van der Waals surface area contributed by atoms with Crippen LogP contribution in [0.2, 0.25) is 0 Å². The Kier molecular flexibility index (Phi) is 7.59. The van der Waals surface area contributed by atoms with E-state index in [9.17, 15) is 29.1 Å². The summed E-state index contributed by atoms with van der Waals surface area (Å²) >= 11 is 0. The van der Waals surface area contributed by atoms with E-state index in [0.717, 1.165) is 0 Å². The molecule has 1 aliphatic heterocycles. The van der Waals surface area contributed by atoms with Gasteiger partial charge in [-0.15, -0.1) is 0 Å². The number of rotatable bonds is 9. The number of ether oxygens (including phenoxy) is 2. The normalized spacial score (nSPS) is 25.4. The predicted octanol–water partition coefficient (Wildman–Crippen LogP) is 3.48. The van der Waals surface area contributed by atoms with E-state index in [1.165, 1.54) is 31.3 Å². The monoisotopic (exact) mass is 563 g/mol. The van der Waals surface area contributed by atoms with Gasteiger partial charge in [0.05, 0.1) is 26.1 Å². The number of imide groups is 1. The highest BCUT2D eigenvalue weighted by molar-refractivity contribution is 6.24. The number of carboxylic acid groups (broad SMARTS) is 1. The van der Waals surface area contributed by atoms with E-state index in [0.29, 0.717) is 41.7 Å². The first kappa shape index (κ1) is 28.3. The van der Waals surface area contributed by atoms with E-state index in [1.807, 2.05) is 6.08 Å². The van der Waals surface area contributed by atoms with Crippen molar-refractivity contribution in [3.05, 3.63) is 52.1 Å². The third kappa shape index (κ3) is 4.75. The number of carboxylic acids is 1. The lowest BCUT2D eigenvalue weighted by atomic mass is 9.59. The van der Waals surface area contributed by atoms with Crippen LogP contribution < -0.4 is 9.47 Å². The third-order valence-electron chi connectivity index (χ3n) is 8.77. The number of carbonyl (C=O) groups is 5. The summed E-state index contributed by atoms with van der Waals surface area (Å²) in [5.41, 5.74) is 1.86. The van der Waals surface area contributed by atoms with E-state index in [1.54, 1.807) is 13.0 Å². The number of hydrogen-bond donors (Lipinski definition) is 2. The van der Waals surface area contributed by atoms with Crippen molar-refractivity contribution in [2.75, 3.05) is 20.8 Å². The van der Waals surface area contributed by atoms with Crippen LogP contribution in [0.1, 0.15) is 56.9 Å². The molecule has 0 bridgehead atoms. The summed E-state index contributed by atoms with van der Waals surface area (Å²) in [7, 11) is 2.89. The number of hydrogen-bond acceptors (Lipinski definition) is 8. The van der Waals surface area contributed by atoms with Crippen molar-refractivity contribution in [1.29, 1.82) is 0 Å². The number of aromatic hydroxyl groups is 1. The zero-order valence-corrected chi connectivity index (χ0v) is 23.3. The van der Waals surface area contributed by atoms with Gasteiger partial charge in [0.25, 0.3) is 0 Å². The number of phenolic OH excluding ortho intramolecular Hbond substituents is 1. The lowest BCUT2D eigenvalue weighted by Crippen LogP contribution is -2.40. The maximum atomic E-state index is 13.8. The van der Waals surface area contributed by atoms with Gasteiger partial charge in [0.2, 0.25) is 11.8 Å². The van der Waals surface area contributed by atoms with Crippen molar-refractivity contribution in [3.63, 3.8) is 0 Å². The van der Waals surface area contributed by atoms with Gasteiger partial charge in [-0.25, -0.2) is 0 Å². The van der Waals surface area contributed by atoms with Crippen LogP contribution in [0, 0.1) is 17.8 Å². The molecule has 0 spiro atoms. The highest BCUT2D eigenvalue weighted by Crippen LogP contribution is 2.57. The number of likely N-dealkylation sites (tertiary alicyclic amines) is 1. The van der Waals surface area contributed by atoms with Gasteiger partial charge in [0.1, 0.15) is 17.2 Å². The van der Waals surface area contributed by atoms with Crippen molar-refractivity contribution >= 4 is 29.4 Å². The number of nitrogens with zero attached hydrogens (tertiary/aromatic N) is 1. The number of ketones is 2. The zero-order valence-electron chi connectivity index (χ0n) is 23.3. The van der Waals surface area contributed by atoms with Crippen LogP contribution in [0.5, 0.6) is 17.2 Å². The van der Waals surface area contributed by atoms with Gasteiger partial charge in [-0.1, -0.05) is 18.1 Å². The van der Waals surface area contributed by atoms with E-state index in [4.69, 9.17) is 14.6 Å². The Morgan fingerprint density at radius 1 is 1.02 bits per heavy atom. The molecule has 2 N–H and O–H groups in total. The maximum absolute atomic E-state index is 13.8. The molecule has 41 heavy (non-hydrogen) atoms. The molecular formula is C31H33NO9. The van der Waals surface area contributed by atoms with Crippen LogP contribution in [0.3, 0.4) is 0 Å². The summed E-state index contributed by atoms with van der Waals surface area (Å²) in [6, 6.07) is 3.02. The summed E-state index contributed by atoms with van der Waals surface area (Å²) in [6.45, 7) is 1.78. The summed E-state index contributed by atoms with van der Waals surface area (Å²) in [5, 5.41) is 20.1. The molecule has 4 atom stereocenters. The highest BCUT2D eigenvalue weighted by Gasteiger charge is 2.56. The Hall–Kier alpha value is -4.21. The second-order valence-electron chi connectivity index (χ2n) is 11.0. The minimum atomic E-state index is -0.885. The fourth-order valence-electron chi connectivity index (χ4n) is 6.87. The first-order chi connectivity index (χ1) is 19.6. The average molecular weight is 564 g/mol. The van der Waals surface area contributed by atoms with Crippen LogP contribution in [0.25, 0.3) is 0 Å². The van der Waals surface area contributed by atoms with Crippen molar-refractivity contribution in [2.24, 2.45) is 17.8 Å². The molecule has 3 aliphatic carbocycles. The van der Waals surface area contributed by atoms with E-state index in [2.05, 4.69) is 0 Å². The molecule has 1 saturated heterocycles. The average Bonchev–Trinajstić information content (AvgIpc) is 3.19. The van der Waals surface area contributed by atoms with Gasteiger partial charge in [-0.2, -0.15) is 0 Å². The van der Waals surface area contributed by atoms with Crippen LogP contribution >= 0.6 is 0 Å². The van der Waals surface area contributed by atoms with Gasteiger partial charge in [-0.05, 0) is 44.6 Å². The Morgan fingerprint density at radius 3 is 2.46 bits per heavy atom. The Balaban J connectivity index is 1.55. The van der Waals surface area contributed by atoms with Gasteiger partial charge in [0.15, 0.2) is 11.6 Å². The van der Waals surface area contributed by atoms with Gasteiger partial charge >= 0.3 is 5.97 Å². The van der Waals surface area contributed by atoms with Crippen molar-refractivity contribution in [3.8, 4) is 17.2 Å². The Morgan fingerprint density at radius 2 is 1.78 bits per heavy atom. The fourth-order valence-corrected chi connectivity index (χ4v) is 6.87. The number of benzene rings is 1. The fraction of sp³-hybridized carbons (Fsp3) is 0.452. The predicted molar refractivity (Wildman–Crippen MR) is 145 cm³/mol. The molecule has 0 saturated carbocycles. The molecule has 1 fully saturated rings. The highest BCUT2D eigenvalue weighted by atomic mass is 16.5. The summed E-state index contributed by atoms with van der Waals surface area (Å²) in [5.74, 6) is -4.32.